The third kappa shape index (κ3) is 2.14. The van der Waals surface area contributed by atoms with Gasteiger partial charge in [0, 0.05) is 12.2 Å². The molecule has 1 aromatic heterocycles. The van der Waals surface area contributed by atoms with Crippen molar-refractivity contribution in [2.75, 3.05) is 17.7 Å². The van der Waals surface area contributed by atoms with E-state index in [4.69, 9.17) is 10.5 Å². The summed E-state index contributed by atoms with van der Waals surface area (Å²) in [4.78, 5) is 8.38. The molecular formula is C13H20N4O. The molecule has 0 bridgehead atoms. The predicted molar refractivity (Wildman–Crippen MR) is 70.3 cm³/mol. The van der Waals surface area contributed by atoms with Crippen molar-refractivity contribution in [3.63, 3.8) is 0 Å². The van der Waals surface area contributed by atoms with Gasteiger partial charge >= 0.3 is 0 Å². The van der Waals surface area contributed by atoms with E-state index in [-0.39, 0.29) is 0 Å². The molecule has 5 heteroatoms. The molecule has 18 heavy (non-hydrogen) atoms. The Morgan fingerprint density at radius 3 is 2.94 bits per heavy atom. The van der Waals surface area contributed by atoms with Gasteiger partial charge in [0.05, 0.1) is 12.1 Å². The van der Waals surface area contributed by atoms with Crippen LogP contribution in [0.15, 0.2) is 6.33 Å². The number of nitrogen functional groups attached to an aromatic ring is 1. The van der Waals surface area contributed by atoms with E-state index in [9.17, 15) is 0 Å². The molecule has 0 radical (unpaired) electrons. The largest absolute Gasteiger partial charge is 0.383 e. The highest BCUT2D eigenvalue weighted by Crippen LogP contribution is 2.39. The lowest BCUT2D eigenvalue weighted by Gasteiger charge is -2.21. The first kappa shape index (κ1) is 11.7. The summed E-state index contributed by atoms with van der Waals surface area (Å²) in [6, 6.07) is 0.372. The van der Waals surface area contributed by atoms with Gasteiger partial charge in [-0.2, -0.15) is 0 Å². The fourth-order valence-electron chi connectivity index (χ4n) is 2.73. The molecule has 0 aromatic carbocycles. The highest BCUT2D eigenvalue weighted by atomic mass is 16.5. The molecule has 2 atom stereocenters. The third-order valence-electron chi connectivity index (χ3n) is 3.88. The molecule has 1 aliphatic heterocycles. The lowest BCUT2D eigenvalue weighted by atomic mass is 10.1. The van der Waals surface area contributed by atoms with Crippen molar-refractivity contribution >= 4 is 11.6 Å². The van der Waals surface area contributed by atoms with Crippen molar-refractivity contribution in [1.82, 2.24) is 9.97 Å². The minimum Gasteiger partial charge on any atom is -0.383 e. The van der Waals surface area contributed by atoms with E-state index in [0.717, 1.165) is 36.7 Å². The van der Waals surface area contributed by atoms with E-state index >= 15 is 0 Å². The number of hydrogen-bond acceptors (Lipinski definition) is 5. The first-order chi connectivity index (χ1) is 8.79. The molecule has 2 fully saturated rings. The maximum absolute atomic E-state index is 5.89. The second-order valence-corrected chi connectivity index (χ2v) is 5.15. The fourth-order valence-corrected chi connectivity index (χ4v) is 2.73. The average Bonchev–Trinajstić information content (AvgIpc) is 3.11. The van der Waals surface area contributed by atoms with Crippen molar-refractivity contribution in [3.8, 4) is 0 Å². The summed E-state index contributed by atoms with van der Waals surface area (Å²) in [6.07, 6.45) is 6.37. The van der Waals surface area contributed by atoms with Gasteiger partial charge in [0.25, 0.3) is 0 Å². The Balaban J connectivity index is 1.77. The topological polar surface area (TPSA) is 73.1 Å². The zero-order valence-corrected chi connectivity index (χ0v) is 10.7. The zero-order valence-electron chi connectivity index (χ0n) is 10.7. The van der Waals surface area contributed by atoms with Crippen molar-refractivity contribution in [2.45, 2.75) is 44.8 Å². The summed E-state index contributed by atoms with van der Waals surface area (Å²) in [6.45, 7) is 2.92. The molecule has 1 aliphatic carbocycles. The van der Waals surface area contributed by atoms with Crippen LogP contribution in [0.25, 0.3) is 0 Å². The molecule has 2 unspecified atom stereocenters. The molecule has 3 rings (SSSR count). The number of nitrogens with one attached hydrogen (secondary N) is 1. The van der Waals surface area contributed by atoms with Crippen LogP contribution in [0.4, 0.5) is 11.6 Å². The minimum atomic E-state index is 0.353. The van der Waals surface area contributed by atoms with Gasteiger partial charge in [-0.3, -0.25) is 0 Å². The highest BCUT2D eigenvalue weighted by Gasteiger charge is 2.40. The van der Waals surface area contributed by atoms with Gasteiger partial charge in [-0.05, 0) is 31.6 Å². The molecule has 0 amide bonds. The summed E-state index contributed by atoms with van der Waals surface area (Å²) in [7, 11) is 0. The second-order valence-electron chi connectivity index (χ2n) is 5.15. The van der Waals surface area contributed by atoms with Crippen LogP contribution >= 0.6 is 0 Å². The average molecular weight is 248 g/mol. The van der Waals surface area contributed by atoms with Crippen molar-refractivity contribution in [1.29, 1.82) is 0 Å². The van der Waals surface area contributed by atoms with Crippen LogP contribution in [-0.2, 0) is 11.2 Å². The van der Waals surface area contributed by atoms with Crippen LogP contribution in [0.1, 0.15) is 31.7 Å². The molecule has 2 heterocycles. The molecule has 2 aliphatic rings. The number of nitrogens with zero attached hydrogens (tertiary/aromatic N) is 2. The maximum Gasteiger partial charge on any atom is 0.135 e. The van der Waals surface area contributed by atoms with Gasteiger partial charge in [-0.25, -0.2) is 9.97 Å². The standard InChI is InChI=1S/C13H20N4O/c1-2-9-12(14)15-7-16-13(9)17-10-5-6-18-11(10)8-3-4-8/h7-8,10-11H,2-6H2,1H3,(H3,14,15,16,17). The molecule has 98 valence electrons. The Hall–Kier alpha value is -1.36. The monoisotopic (exact) mass is 248 g/mol. The molecule has 3 N–H and O–H groups in total. The van der Waals surface area contributed by atoms with E-state index in [1.807, 2.05) is 0 Å². The highest BCUT2D eigenvalue weighted by molar-refractivity contribution is 5.55. The number of hydrogen-bond donors (Lipinski definition) is 2. The summed E-state index contributed by atoms with van der Waals surface area (Å²) < 4.78 is 5.83. The quantitative estimate of drug-likeness (QED) is 0.846. The molecule has 1 saturated heterocycles. The SMILES string of the molecule is CCc1c(N)ncnc1NC1CCOC1C1CC1. The number of aromatic nitrogens is 2. The van der Waals surface area contributed by atoms with Crippen LogP contribution in [0.5, 0.6) is 0 Å². The smallest absolute Gasteiger partial charge is 0.135 e. The third-order valence-corrected chi connectivity index (χ3v) is 3.88. The van der Waals surface area contributed by atoms with Crippen molar-refractivity contribution < 1.29 is 4.74 Å². The summed E-state index contributed by atoms with van der Waals surface area (Å²) >= 11 is 0. The zero-order chi connectivity index (χ0) is 12.5. The molecule has 0 spiro atoms. The lowest BCUT2D eigenvalue weighted by molar-refractivity contribution is 0.0898. The van der Waals surface area contributed by atoms with Gasteiger partial charge in [-0.15, -0.1) is 0 Å². The molecule has 5 nitrogen and oxygen atoms in total. The first-order valence-electron chi connectivity index (χ1n) is 6.77. The molecule has 1 aromatic rings. The normalized spacial score (nSPS) is 27.4. The van der Waals surface area contributed by atoms with Crippen molar-refractivity contribution in [3.05, 3.63) is 11.9 Å². The maximum atomic E-state index is 5.89. The van der Waals surface area contributed by atoms with E-state index < -0.39 is 0 Å². The first-order valence-corrected chi connectivity index (χ1v) is 6.77. The minimum absolute atomic E-state index is 0.353. The Labute approximate surface area is 107 Å². The van der Waals surface area contributed by atoms with E-state index in [2.05, 4.69) is 22.2 Å². The fraction of sp³-hybridized carbons (Fsp3) is 0.692. The van der Waals surface area contributed by atoms with E-state index in [1.54, 1.807) is 0 Å². The van der Waals surface area contributed by atoms with Gasteiger partial charge in [-0.1, -0.05) is 6.92 Å². The van der Waals surface area contributed by atoms with E-state index in [0.29, 0.717) is 18.0 Å². The predicted octanol–water partition coefficient (Wildman–Crippen LogP) is 1.60. The number of anilines is 2. The van der Waals surface area contributed by atoms with E-state index in [1.165, 1.54) is 19.2 Å². The Morgan fingerprint density at radius 1 is 1.39 bits per heavy atom. The number of ether oxygens (including phenoxy) is 1. The van der Waals surface area contributed by atoms with Gasteiger partial charge in [0.15, 0.2) is 0 Å². The molecule has 1 saturated carbocycles. The second kappa shape index (κ2) is 4.72. The van der Waals surface area contributed by atoms with Gasteiger partial charge in [0.2, 0.25) is 0 Å². The summed E-state index contributed by atoms with van der Waals surface area (Å²) in [5.41, 5.74) is 6.90. The molecular weight excluding hydrogens is 228 g/mol. The van der Waals surface area contributed by atoms with Crippen molar-refractivity contribution in [2.24, 2.45) is 5.92 Å². The number of nitrogens with two attached hydrogens (primary N) is 1. The Kier molecular flexibility index (Phi) is 3.07. The summed E-state index contributed by atoms with van der Waals surface area (Å²) in [5.74, 6) is 2.21. The Morgan fingerprint density at radius 2 is 2.22 bits per heavy atom. The van der Waals surface area contributed by atoms with Crippen LogP contribution < -0.4 is 11.1 Å². The Bertz CT molecular complexity index is 433. The van der Waals surface area contributed by atoms with Gasteiger partial charge in [0.1, 0.15) is 18.0 Å². The number of rotatable bonds is 4. The van der Waals surface area contributed by atoms with Gasteiger partial charge < -0.3 is 15.8 Å². The van der Waals surface area contributed by atoms with Crippen LogP contribution in [-0.4, -0.2) is 28.7 Å². The van der Waals surface area contributed by atoms with Crippen LogP contribution in [0, 0.1) is 5.92 Å². The van der Waals surface area contributed by atoms with Crippen LogP contribution in [0.3, 0.4) is 0 Å². The summed E-state index contributed by atoms with van der Waals surface area (Å²) in [5, 5.41) is 3.52. The lowest BCUT2D eigenvalue weighted by Crippen LogP contribution is -2.31. The van der Waals surface area contributed by atoms with Crippen LogP contribution in [0.2, 0.25) is 0 Å².